The number of carboxylic acids is 1. The molecule has 0 radical (unpaired) electrons. The van der Waals surface area contributed by atoms with Crippen molar-refractivity contribution in [2.24, 2.45) is 5.73 Å². The monoisotopic (exact) mass is 271 g/mol. The van der Waals surface area contributed by atoms with E-state index < -0.39 is 47.1 Å². The Labute approximate surface area is 90.0 Å². The van der Waals surface area contributed by atoms with Gasteiger partial charge in [-0.3, -0.25) is 4.79 Å². The van der Waals surface area contributed by atoms with Gasteiger partial charge in [0.25, 0.3) is 6.17 Å². The van der Waals surface area contributed by atoms with Crippen LogP contribution in [-0.2, 0) is 4.79 Å². The standard InChI is InChI=1S/C6H7F6NO2S/c7-4(5(8,9)10)6(11,12)16-1-2(13)3(14)15/h2,4H,1,13H2,(H,14,15)/t2-,4?/m0/s1. The highest BCUT2D eigenvalue weighted by molar-refractivity contribution is 8.00. The van der Waals surface area contributed by atoms with Gasteiger partial charge in [0.05, 0.1) is 0 Å². The number of alkyl halides is 6. The van der Waals surface area contributed by atoms with Crippen LogP contribution in [0.3, 0.4) is 0 Å². The molecule has 16 heavy (non-hydrogen) atoms. The van der Waals surface area contributed by atoms with Crippen LogP contribution in [0.1, 0.15) is 0 Å². The molecule has 0 saturated heterocycles. The van der Waals surface area contributed by atoms with Crippen LogP contribution in [0.25, 0.3) is 0 Å². The van der Waals surface area contributed by atoms with Crippen LogP contribution in [0.4, 0.5) is 26.3 Å². The molecule has 10 heteroatoms. The Morgan fingerprint density at radius 2 is 1.75 bits per heavy atom. The molecule has 0 aliphatic carbocycles. The minimum absolute atomic E-state index is 0.784. The van der Waals surface area contributed by atoms with Crippen molar-refractivity contribution in [1.82, 2.24) is 0 Å². The van der Waals surface area contributed by atoms with E-state index in [1.165, 1.54) is 0 Å². The number of rotatable bonds is 5. The first-order valence-electron chi connectivity index (χ1n) is 3.69. The lowest BCUT2D eigenvalue weighted by atomic mass is 10.4. The fourth-order valence-corrected chi connectivity index (χ4v) is 1.36. The average molecular weight is 271 g/mol. The molecule has 0 spiro atoms. The summed E-state index contributed by atoms with van der Waals surface area (Å²) in [5.41, 5.74) is 4.78. The van der Waals surface area contributed by atoms with Gasteiger partial charge in [0, 0.05) is 5.75 Å². The van der Waals surface area contributed by atoms with Gasteiger partial charge >= 0.3 is 17.4 Å². The van der Waals surface area contributed by atoms with Crippen LogP contribution in [0.5, 0.6) is 0 Å². The molecule has 0 bridgehead atoms. The SMILES string of the molecule is N[C@@H](CSC(F)(F)C(F)C(F)(F)F)C(=O)O. The number of hydrogen-bond acceptors (Lipinski definition) is 3. The molecule has 96 valence electrons. The third-order valence-corrected chi connectivity index (χ3v) is 2.47. The third-order valence-electron chi connectivity index (χ3n) is 1.35. The molecule has 0 heterocycles. The van der Waals surface area contributed by atoms with Gasteiger partial charge in [-0.2, -0.15) is 22.0 Å². The predicted octanol–water partition coefficient (Wildman–Crippen LogP) is 1.62. The van der Waals surface area contributed by atoms with Crippen LogP contribution >= 0.6 is 11.8 Å². The van der Waals surface area contributed by atoms with Crippen LogP contribution in [-0.4, -0.2) is 40.5 Å². The van der Waals surface area contributed by atoms with Crippen molar-refractivity contribution in [3.05, 3.63) is 0 Å². The van der Waals surface area contributed by atoms with E-state index in [4.69, 9.17) is 10.8 Å². The summed E-state index contributed by atoms with van der Waals surface area (Å²) < 4.78 is 72.2. The number of thioether (sulfide) groups is 1. The topological polar surface area (TPSA) is 63.3 Å². The number of nitrogens with two attached hydrogens (primary N) is 1. The van der Waals surface area contributed by atoms with Crippen LogP contribution in [0.2, 0.25) is 0 Å². The van der Waals surface area contributed by atoms with Gasteiger partial charge in [0.2, 0.25) is 0 Å². The summed E-state index contributed by atoms with van der Waals surface area (Å²) in [7, 11) is 0. The van der Waals surface area contributed by atoms with E-state index >= 15 is 0 Å². The van der Waals surface area contributed by atoms with Gasteiger partial charge in [-0.15, -0.1) is 0 Å². The summed E-state index contributed by atoms with van der Waals surface area (Å²) in [4.78, 5) is 10.1. The summed E-state index contributed by atoms with van der Waals surface area (Å²) >= 11 is -0.784. The van der Waals surface area contributed by atoms with Gasteiger partial charge in [-0.1, -0.05) is 11.8 Å². The summed E-state index contributed by atoms with van der Waals surface area (Å²) in [6, 6.07) is -1.78. The first-order valence-corrected chi connectivity index (χ1v) is 4.68. The Kier molecular flexibility index (Phi) is 4.92. The fourth-order valence-electron chi connectivity index (χ4n) is 0.536. The molecule has 0 aromatic rings. The molecule has 0 fully saturated rings. The van der Waals surface area contributed by atoms with E-state index in [0.29, 0.717) is 0 Å². The minimum atomic E-state index is -5.70. The Balaban J connectivity index is 4.41. The highest BCUT2D eigenvalue weighted by Crippen LogP contribution is 2.42. The van der Waals surface area contributed by atoms with Crippen molar-refractivity contribution < 1.29 is 36.2 Å². The van der Waals surface area contributed by atoms with E-state index in [1.54, 1.807) is 0 Å². The van der Waals surface area contributed by atoms with E-state index in [0.717, 1.165) is 0 Å². The lowest BCUT2D eigenvalue weighted by Gasteiger charge is -2.22. The summed E-state index contributed by atoms with van der Waals surface area (Å²) in [6.07, 6.45) is -10.1. The van der Waals surface area contributed by atoms with Gasteiger partial charge in [-0.05, 0) is 0 Å². The molecule has 0 aliphatic rings. The number of carboxylic acid groups (broad SMARTS) is 1. The van der Waals surface area contributed by atoms with E-state index in [-0.39, 0.29) is 0 Å². The molecular weight excluding hydrogens is 264 g/mol. The molecule has 0 amide bonds. The van der Waals surface area contributed by atoms with Crippen LogP contribution in [0.15, 0.2) is 0 Å². The number of hydrogen-bond donors (Lipinski definition) is 2. The van der Waals surface area contributed by atoms with Crippen molar-refractivity contribution in [1.29, 1.82) is 0 Å². The van der Waals surface area contributed by atoms with Gasteiger partial charge in [0.1, 0.15) is 6.04 Å². The van der Waals surface area contributed by atoms with Gasteiger partial charge < -0.3 is 10.8 Å². The molecule has 0 aromatic carbocycles. The zero-order valence-electron chi connectivity index (χ0n) is 7.47. The smallest absolute Gasteiger partial charge is 0.426 e. The number of aliphatic carboxylic acids is 1. The maximum atomic E-state index is 12.6. The predicted molar refractivity (Wildman–Crippen MR) is 44.0 cm³/mol. The maximum absolute atomic E-state index is 12.6. The van der Waals surface area contributed by atoms with Crippen molar-refractivity contribution in [2.75, 3.05) is 5.75 Å². The van der Waals surface area contributed by atoms with Crippen molar-refractivity contribution in [2.45, 2.75) is 23.6 Å². The Bertz CT molecular complexity index is 258. The van der Waals surface area contributed by atoms with Gasteiger partial charge in [-0.25, -0.2) is 4.39 Å². The largest absolute Gasteiger partial charge is 0.480 e. The molecule has 0 saturated carbocycles. The maximum Gasteiger partial charge on any atom is 0.426 e. The normalized spacial score (nSPS) is 16.9. The molecule has 1 unspecified atom stereocenters. The van der Waals surface area contributed by atoms with Crippen molar-refractivity contribution in [3.63, 3.8) is 0 Å². The zero-order chi connectivity index (χ0) is 13.1. The average Bonchev–Trinajstić information content (AvgIpc) is 2.11. The summed E-state index contributed by atoms with van der Waals surface area (Å²) in [5.74, 6) is -2.69. The molecule has 0 aromatic heterocycles. The summed E-state index contributed by atoms with van der Waals surface area (Å²) in [6.45, 7) is 0. The minimum Gasteiger partial charge on any atom is -0.480 e. The van der Waals surface area contributed by atoms with E-state index in [1.807, 2.05) is 0 Å². The van der Waals surface area contributed by atoms with Crippen molar-refractivity contribution in [3.8, 4) is 0 Å². The molecule has 0 rings (SSSR count). The Morgan fingerprint density at radius 1 is 1.31 bits per heavy atom. The quantitative estimate of drug-likeness (QED) is 0.746. The highest BCUT2D eigenvalue weighted by atomic mass is 32.2. The Hall–Kier alpha value is -0.640. The third kappa shape index (κ3) is 4.47. The molecule has 3 N–H and O–H groups in total. The molecular formula is C6H7F6NO2S. The lowest BCUT2D eigenvalue weighted by molar-refractivity contribution is -0.219. The first-order chi connectivity index (χ1) is 6.98. The highest BCUT2D eigenvalue weighted by Gasteiger charge is 2.57. The number of carbonyl (C=O) groups is 1. The first kappa shape index (κ1) is 15.4. The van der Waals surface area contributed by atoms with E-state index in [2.05, 4.69) is 0 Å². The second-order valence-corrected chi connectivity index (χ2v) is 3.89. The van der Waals surface area contributed by atoms with Gasteiger partial charge in [0.15, 0.2) is 0 Å². The second kappa shape index (κ2) is 5.13. The lowest BCUT2D eigenvalue weighted by Crippen LogP contribution is -2.41. The zero-order valence-corrected chi connectivity index (χ0v) is 8.29. The van der Waals surface area contributed by atoms with Crippen LogP contribution < -0.4 is 5.73 Å². The van der Waals surface area contributed by atoms with Crippen LogP contribution in [0, 0.1) is 0 Å². The van der Waals surface area contributed by atoms with E-state index in [9.17, 15) is 31.1 Å². The number of halogens is 6. The second-order valence-electron chi connectivity index (χ2n) is 2.72. The Morgan fingerprint density at radius 3 is 2.06 bits per heavy atom. The summed E-state index contributed by atoms with van der Waals surface area (Å²) in [5, 5.41) is 3.42. The molecule has 0 aliphatic heterocycles. The molecule has 3 nitrogen and oxygen atoms in total. The molecule has 2 atom stereocenters. The fraction of sp³-hybridized carbons (Fsp3) is 0.833. The van der Waals surface area contributed by atoms with Crippen molar-refractivity contribution >= 4 is 17.7 Å².